The van der Waals surface area contributed by atoms with Gasteiger partial charge < -0.3 is 4.74 Å². The Morgan fingerprint density at radius 2 is 2.07 bits per heavy atom. The van der Waals surface area contributed by atoms with Gasteiger partial charge >= 0.3 is 5.97 Å². The zero-order valence-electron chi connectivity index (χ0n) is 8.50. The molecule has 0 aromatic heterocycles. The predicted molar refractivity (Wildman–Crippen MR) is 59.2 cm³/mol. The van der Waals surface area contributed by atoms with Gasteiger partial charge in [-0.05, 0) is 18.5 Å². The summed E-state index contributed by atoms with van der Waals surface area (Å²) in [7, 11) is 0. The molecule has 0 amide bonds. The van der Waals surface area contributed by atoms with E-state index in [4.69, 9.17) is 16.3 Å². The van der Waals surface area contributed by atoms with E-state index in [-0.39, 0.29) is 12.4 Å². The van der Waals surface area contributed by atoms with Crippen LogP contribution in [0.1, 0.15) is 13.3 Å². The van der Waals surface area contributed by atoms with Gasteiger partial charge in [0.2, 0.25) is 5.69 Å². The Bertz CT molecular complexity index is 349. The number of hydrogen-bond acceptors (Lipinski definition) is 2. The quantitative estimate of drug-likeness (QED) is 0.615. The summed E-state index contributed by atoms with van der Waals surface area (Å²) in [5, 5.41) is 0.361. The molecule has 1 aromatic rings. The van der Waals surface area contributed by atoms with E-state index in [1.807, 2.05) is 30.3 Å². The average Bonchev–Trinajstić information content (AvgIpc) is 2.19. The highest BCUT2D eigenvalue weighted by atomic mass is 35.5. The Morgan fingerprint density at radius 3 is 2.67 bits per heavy atom. The van der Waals surface area contributed by atoms with Gasteiger partial charge in [-0.2, -0.15) is 4.99 Å². The van der Waals surface area contributed by atoms with E-state index >= 15 is 0 Å². The number of carbonyl (C=O) groups is 1. The number of esters is 1. The van der Waals surface area contributed by atoms with Crippen LogP contribution >= 0.6 is 11.6 Å². The SMILES string of the molecule is CCOC(=O)CC(Cl)=[NH+]c1ccccc1. The fraction of sp³-hybridized carbons (Fsp3) is 0.273. The maximum absolute atomic E-state index is 11.1. The van der Waals surface area contributed by atoms with Crippen LogP contribution in [0.3, 0.4) is 0 Å². The summed E-state index contributed by atoms with van der Waals surface area (Å²) in [6.07, 6.45) is 0.0737. The van der Waals surface area contributed by atoms with Crippen molar-refractivity contribution in [2.75, 3.05) is 6.61 Å². The maximum Gasteiger partial charge on any atom is 0.317 e. The number of halogens is 1. The Labute approximate surface area is 93.7 Å². The Balaban J connectivity index is 2.57. The largest absolute Gasteiger partial charge is 0.466 e. The summed E-state index contributed by atoms with van der Waals surface area (Å²) in [6, 6.07) is 9.42. The molecule has 0 saturated carbocycles. The lowest BCUT2D eigenvalue weighted by molar-refractivity contribution is -0.351. The summed E-state index contributed by atoms with van der Waals surface area (Å²) in [4.78, 5) is 14.0. The second kappa shape index (κ2) is 6.19. The lowest BCUT2D eigenvalue weighted by Crippen LogP contribution is -2.65. The molecule has 0 fully saturated rings. The Kier molecular flexibility index (Phi) is 4.84. The molecule has 1 aromatic carbocycles. The second-order valence-electron chi connectivity index (χ2n) is 2.88. The fourth-order valence-corrected chi connectivity index (χ4v) is 1.28. The van der Waals surface area contributed by atoms with Crippen LogP contribution in [0.4, 0.5) is 5.69 Å². The molecule has 0 saturated heterocycles. The molecule has 80 valence electrons. The van der Waals surface area contributed by atoms with Gasteiger partial charge in [-0.3, -0.25) is 4.79 Å². The van der Waals surface area contributed by atoms with Crippen LogP contribution in [-0.4, -0.2) is 17.7 Å². The molecule has 0 bridgehead atoms. The third kappa shape index (κ3) is 4.61. The van der Waals surface area contributed by atoms with Crippen LogP contribution in [0.25, 0.3) is 0 Å². The van der Waals surface area contributed by atoms with Crippen molar-refractivity contribution in [1.82, 2.24) is 0 Å². The molecule has 15 heavy (non-hydrogen) atoms. The van der Waals surface area contributed by atoms with Crippen molar-refractivity contribution >= 4 is 28.4 Å². The van der Waals surface area contributed by atoms with Crippen LogP contribution in [0.5, 0.6) is 0 Å². The molecule has 3 nitrogen and oxygen atoms in total. The van der Waals surface area contributed by atoms with Gasteiger partial charge in [-0.25, -0.2) is 0 Å². The molecule has 0 atom stereocenters. The van der Waals surface area contributed by atoms with Crippen LogP contribution in [0, 0.1) is 0 Å². The van der Waals surface area contributed by atoms with Crippen LogP contribution in [0.2, 0.25) is 0 Å². The molecule has 4 heteroatoms. The van der Waals surface area contributed by atoms with E-state index in [1.165, 1.54) is 0 Å². The zero-order valence-corrected chi connectivity index (χ0v) is 9.25. The molecule has 0 aliphatic carbocycles. The van der Waals surface area contributed by atoms with E-state index in [0.717, 1.165) is 5.69 Å². The van der Waals surface area contributed by atoms with E-state index in [9.17, 15) is 4.79 Å². The normalized spacial score (nSPS) is 11.2. The Hall–Kier alpha value is -1.35. The minimum atomic E-state index is -0.328. The first-order valence-corrected chi connectivity index (χ1v) is 5.09. The highest BCUT2D eigenvalue weighted by molar-refractivity contribution is 6.65. The standard InChI is InChI=1S/C11H12ClNO2/c1-2-15-11(14)8-10(12)13-9-6-4-3-5-7-9/h3-7H,2,8H2,1H3/p+1. The summed E-state index contributed by atoms with van der Waals surface area (Å²) in [5.74, 6) is -0.328. The first kappa shape index (κ1) is 11.7. The lowest BCUT2D eigenvalue weighted by atomic mass is 10.3. The van der Waals surface area contributed by atoms with E-state index in [2.05, 4.69) is 4.99 Å². The first-order valence-electron chi connectivity index (χ1n) is 4.71. The van der Waals surface area contributed by atoms with Gasteiger partial charge in [0.15, 0.2) is 0 Å². The number of ether oxygens (including phenoxy) is 1. The van der Waals surface area contributed by atoms with Crippen LogP contribution in [0.15, 0.2) is 30.3 Å². The van der Waals surface area contributed by atoms with Gasteiger partial charge in [0, 0.05) is 12.1 Å². The van der Waals surface area contributed by atoms with Crippen molar-refractivity contribution in [2.24, 2.45) is 0 Å². The van der Waals surface area contributed by atoms with Crippen LogP contribution in [-0.2, 0) is 9.53 Å². The third-order valence-corrected chi connectivity index (χ3v) is 1.89. The fourth-order valence-electron chi connectivity index (χ4n) is 1.06. The summed E-state index contributed by atoms with van der Waals surface area (Å²) in [6.45, 7) is 2.13. The summed E-state index contributed by atoms with van der Waals surface area (Å²) < 4.78 is 4.77. The minimum absolute atomic E-state index is 0.0737. The molecule has 1 N–H and O–H groups in total. The molecule has 0 radical (unpaired) electrons. The van der Waals surface area contributed by atoms with Gasteiger partial charge in [0.25, 0.3) is 5.17 Å². The smallest absolute Gasteiger partial charge is 0.317 e. The topological polar surface area (TPSA) is 40.3 Å². The number of benzene rings is 1. The maximum atomic E-state index is 11.1. The Morgan fingerprint density at radius 1 is 1.40 bits per heavy atom. The highest BCUT2D eigenvalue weighted by Crippen LogP contribution is 1.96. The molecule has 0 aliphatic heterocycles. The predicted octanol–water partition coefficient (Wildman–Crippen LogP) is 0.989. The van der Waals surface area contributed by atoms with Crippen molar-refractivity contribution in [2.45, 2.75) is 13.3 Å². The van der Waals surface area contributed by atoms with Gasteiger partial charge in [0.05, 0.1) is 6.61 Å². The van der Waals surface area contributed by atoms with Crippen LogP contribution < -0.4 is 4.99 Å². The highest BCUT2D eigenvalue weighted by Gasteiger charge is 2.10. The minimum Gasteiger partial charge on any atom is -0.466 e. The summed E-state index contributed by atoms with van der Waals surface area (Å²) in [5.41, 5.74) is 0.854. The van der Waals surface area contributed by atoms with Crippen molar-refractivity contribution in [3.63, 3.8) is 0 Å². The van der Waals surface area contributed by atoms with Gasteiger partial charge in [0.1, 0.15) is 6.42 Å². The molecule has 0 spiro atoms. The molecule has 0 heterocycles. The second-order valence-corrected chi connectivity index (χ2v) is 3.33. The first-order chi connectivity index (χ1) is 7.22. The number of para-hydroxylation sites is 1. The molecular weight excluding hydrogens is 214 g/mol. The van der Waals surface area contributed by atoms with Gasteiger partial charge in [-0.15, -0.1) is 0 Å². The molecule has 0 aliphatic rings. The molecular formula is C11H13ClNO2+. The number of carbonyl (C=O) groups excluding carboxylic acids is 1. The van der Waals surface area contributed by atoms with Gasteiger partial charge in [-0.1, -0.05) is 18.2 Å². The number of hydrogen-bond donors (Lipinski definition) is 1. The van der Waals surface area contributed by atoms with Crippen molar-refractivity contribution in [3.8, 4) is 0 Å². The van der Waals surface area contributed by atoms with E-state index in [1.54, 1.807) is 6.92 Å². The molecule has 1 rings (SSSR count). The lowest BCUT2D eigenvalue weighted by Gasteiger charge is -1.96. The van der Waals surface area contributed by atoms with Crippen molar-refractivity contribution in [3.05, 3.63) is 30.3 Å². The molecule has 0 unspecified atom stereocenters. The van der Waals surface area contributed by atoms with Crippen molar-refractivity contribution < 1.29 is 14.5 Å². The number of rotatable bonds is 4. The third-order valence-electron chi connectivity index (χ3n) is 1.66. The summed E-state index contributed by atoms with van der Waals surface area (Å²) >= 11 is 5.85. The monoisotopic (exact) mass is 226 g/mol. The zero-order chi connectivity index (χ0) is 11.1. The van der Waals surface area contributed by atoms with Crippen molar-refractivity contribution in [1.29, 1.82) is 0 Å². The van der Waals surface area contributed by atoms with E-state index < -0.39 is 0 Å². The average molecular weight is 227 g/mol. The van der Waals surface area contributed by atoms with E-state index in [0.29, 0.717) is 11.8 Å². The number of nitrogens with one attached hydrogen (secondary N) is 1.